The Bertz CT molecular complexity index is 741. The predicted molar refractivity (Wildman–Crippen MR) is 99.8 cm³/mol. The lowest BCUT2D eigenvalue weighted by Gasteiger charge is -2.37. The highest BCUT2D eigenvalue weighted by atomic mass is 32.1. The largest absolute Gasteiger partial charge is 0.508 e. The van der Waals surface area contributed by atoms with Crippen molar-refractivity contribution in [1.82, 2.24) is 0 Å². The van der Waals surface area contributed by atoms with Crippen LogP contribution in [0.15, 0.2) is 30.3 Å². The van der Waals surface area contributed by atoms with Crippen LogP contribution in [0.1, 0.15) is 43.2 Å². The van der Waals surface area contributed by atoms with E-state index in [2.05, 4.69) is 19.1 Å². The average molecular weight is 335 g/mol. The average Bonchev–Trinajstić information content (AvgIpc) is 2.74. The second kappa shape index (κ2) is 5.82. The first-order chi connectivity index (χ1) is 9.59. The molecule has 0 amide bonds. The third kappa shape index (κ3) is 2.24. The summed E-state index contributed by atoms with van der Waals surface area (Å²) in [5, 5.41) is 11.9. The molecule has 0 aliphatic heterocycles. The van der Waals surface area contributed by atoms with Gasteiger partial charge in [0.05, 0.1) is 0 Å². The Morgan fingerprint density at radius 3 is 2.68 bits per heavy atom. The summed E-state index contributed by atoms with van der Waals surface area (Å²) in [4.78, 5) is 12.2. The highest BCUT2D eigenvalue weighted by Gasteiger charge is 2.49. The second-order valence-corrected chi connectivity index (χ2v) is 6.47. The minimum Gasteiger partial charge on any atom is -0.508 e. The van der Waals surface area contributed by atoms with E-state index in [0.717, 1.165) is 31.1 Å². The molecule has 2 aromatic carbocycles. The van der Waals surface area contributed by atoms with Gasteiger partial charge in [0, 0.05) is 11.8 Å². The number of carbonyl (C=O) groups excluding carboxylic acids is 1. The molecule has 2 aromatic rings. The number of benzene rings is 2. The Morgan fingerprint density at radius 1 is 1.14 bits per heavy atom. The maximum Gasteiger partial charge on any atom is 0.139 e. The highest BCUT2D eigenvalue weighted by Crippen LogP contribution is 2.54. The van der Waals surface area contributed by atoms with Crippen LogP contribution < -0.4 is 0 Å². The Morgan fingerprint density at radius 2 is 1.91 bits per heavy atom. The smallest absolute Gasteiger partial charge is 0.139 e. The first-order valence-electron chi connectivity index (χ1n) is 7.37. The van der Waals surface area contributed by atoms with Gasteiger partial charge in [-0.15, -0.1) is 0 Å². The van der Waals surface area contributed by atoms with Crippen molar-refractivity contribution in [3.8, 4) is 5.75 Å². The van der Waals surface area contributed by atoms with Crippen molar-refractivity contribution in [1.29, 1.82) is 0 Å². The molecule has 0 saturated heterocycles. The third-order valence-corrected chi connectivity index (χ3v) is 5.49. The van der Waals surface area contributed by atoms with Gasteiger partial charge in [0.25, 0.3) is 0 Å². The van der Waals surface area contributed by atoms with Gasteiger partial charge in [-0.3, -0.25) is 4.79 Å². The SMILES string of the molecule is C[C@]12CCc3c(ccc4cc(O)ccc34)[C@@H]1CCC2=O.S.S. The molecule has 4 rings (SSSR count). The number of rotatable bonds is 0. The Kier molecular flexibility index (Phi) is 4.56. The minimum absolute atomic E-state index is 0. The lowest BCUT2D eigenvalue weighted by Crippen LogP contribution is -2.32. The zero-order valence-corrected chi connectivity index (χ0v) is 14.6. The number of aryl methyl sites for hydroxylation is 1. The first kappa shape index (κ1) is 17.2. The predicted octanol–water partition coefficient (Wildman–Crippen LogP) is 4.17. The Hall–Kier alpha value is -1.13. The number of aromatic hydroxyl groups is 1. The van der Waals surface area contributed by atoms with Gasteiger partial charge < -0.3 is 5.11 Å². The standard InChI is InChI=1S/C18H18O2.2H2S/c1-18-9-8-14-13-5-3-12(19)10-11(13)2-4-15(14)16(18)6-7-17(18)20;;/h2-5,10,16,19H,6-9H2,1H3;2*1H2/t16-,18-;;/m0../s1. The van der Waals surface area contributed by atoms with E-state index >= 15 is 0 Å². The van der Waals surface area contributed by atoms with E-state index in [1.54, 1.807) is 6.07 Å². The number of carbonyl (C=O) groups is 1. The van der Waals surface area contributed by atoms with Crippen LogP contribution in [0.25, 0.3) is 10.8 Å². The molecule has 0 spiro atoms. The van der Waals surface area contributed by atoms with Gasteiger partial charge >= 0.3 is 0 Å². The molecule has 1 saturated carbocycles. The fourth-order valence-electron chi connectivity index (χ4n) is 4.27. The molecule has 0 radical (unpaired) electrons. The van der Waals surface area contributed by atoms with Crippen LogP contribution in [0, 0.1) is 5.41 Å². The molecular weight excluding hydrogens is 312 g/mol. The number of ketones is 1. The van der Waals surface area contributed by atoms with Gasteiger partial charge in [0.15, 0.2) is 0 Å². The molecule has 1 fully saturated rings. The molecule has 118 valence electrons. The van der Waals surface area contributed by atoms with E-state index in [1.165, 1.54) is 16.5 Å². The van der Waals surface area contributed by atoms with Crippen LogP contribution in [0.3, 0.4) is 0 Å². The van der Waals surface area contributed by atoms with Crippen molar-refractivity contribution in [2.75, 3.05) is 0 Å². The van der Waals surface area contributed by atoms with Gasteiger partial charge in [-0.1, -0.05) is 25.1 Å². The fraction of sp³-hybridized carbons (Fsp3) is 0.389. The van der Waals surface area contributed by atoms with Crippen molar-refractivity contribution in [2.24, 2.45) is 5.41 Å². The van der Waals surface area contributed by atoms with Crippen LogP contribution in [-0.4, -0.2) is 10.9 Å². The molecule has 1 N–H and O–H groups in total. The molecule has 2 aliphatic rings. The van der Waals surface area contributed by atoms with Crippen molar-refractivity contribution in [3.05, 3.63) is 41.5 Å². The number of hydrogen-bond donors (Lipinski definition) is 1. The van der Waals surface area contributed by atoms with E-state index in [4.69, 9.17) is 0 Å². The van der Waals surface area contributed by atoms with Gasteiger partial charge in [0.2, 0.25) is 0 Å². The summed E-state index contributed by atoms with van der Waals surface area (Å²) in [6, 6.07) is 9.86. The van der Waals surface area contributed by atoms with E-state index in [9.17, 15) is 9.90 Å². The summed E-state index contributed by atoms with van der Waals surface area (Å²) < 4.78 is 0. The first-order valence-corrected chi connectivity index (χ1v) is 7.37. The monoisotopic (exact) mass is 334 g/mol. The van der Waals surface area contributed by atoms with E-state index in [-0.39, 0.29) is 32.4 Å². The van der Waals surface area contributed by atoms with E-state index < -0.39 is 0 Å². The highest BCUT2D eigenvalue weighted by molar-refractivity contribution is 7.59. The summed E-state index contributed by atoms with van der Waals surface area (Å²) in [6.07, 6.45) is 3.65. The van der Waals surface area contributed by atoms with Crippen molar-refractivity contribution in [2.45, 2.75) is 38.5 Å². The zero-order chi connectivity index (χ0) is 13.9. The van der Waals surface area contributed by atoms with Crippen LogP contribution in [0.2, 0.25) is 0 Å². The summed E-state index contributed by atoms with van der Waals surface area (Å²) in [6.45, 7) is 2.15. The molecule has 2 atom stereocenters. The van der Waals surface area contributed by atoms with Crippen molar-refractivity contribution in [3.63, 3.8) is 0 Å². The zero-order valence-electron chi connectivity index (χ0n) is 12.6. The summed E-state index contributed by atoms with van der Waals surface area (Å²) >= 11 is 0. The van der Waals surface area contributed by atoms with E-state index in [0.29, 0.717) is 17.5 Å². The summed E-state index contributed by atoms with van der Waals surface area (Å²) in [7, 11) is 0. The second-order valence-electron chi connectivity index (χ2n) is 6.47. The Labute approximate surface area is 144 Å². The quantitative estimate of drug-likeness (QED) is 0.785. The lowest BCUT2D eigenvalue weighted by atomic mass is 9.66. The Balaban J connectivity index is 0.000000882. The lowest BCUT2D eigenvalue weighted by molar-refractivity contribution is -0.126. The molecular formula is C18H22O2S2. The topological polar surface area (TPSA) is 37.3 Å². The number of fused-ring (bicyclic) bond motifs is 5. The van der Waals surface area contributed by atoms with Crippen molar-refractivity contribution >= 4 is 43.5 Å². The number of Topliss-reactive ketones (excluding diaryl/α,β-unsaturated/α-hetero) is 1. The molecule has 4 heteroatoms. The molecule has 0 bridgehead atoms. The van der Waals surface area contributed by atoms with Crippen LogP contribution in [0.4, 0.5) is 0 Å². The van der Waals surface area contributed by atoms with Gasteiger partial charge in [-0.05, 0) is 59.2 Å². The third-order valence-electron chi connectivity index (χ3n) is 5.49. The summed E-state index contributed by atoms with van der Waals surface area (Å²) in [5.41, 5.74) is 2.61. The number of phenolic OH excluding ortho intramolecular Hbond substituents is 1. The van der Waals surface area contributed by atoms with Crippen LogP contribution >= 0.6 is 27.0 Å². The van der Waals surface area contributed by atoms with Gasteiger partial charge in [-0.2, -0.15) is 27.0 Å². The van der Waals surface area contributed by atoms with Gasteiger partial charge in [-0.25, -0.2) is 0 Å². The van der Waals surface area contributed by atoms with Crippen molar-refractivity contribution < 1.29 is 9.90 Å². The number of hydrogen-bond acceptors (Lipinski definition) is 2. The molecule has 22 heavy (non-hydrogen) atoms. The minimum atomic E-state index is -0.141. The molecule has 0 heterocycles. The molecule has 0 unspecified atom stereocenters. The maximum atomic E-state index is 12.2. The normalized spacial score (nSPS) is 25.9. The van der Waals surface area contributed by atoms with Crippen LogP contribution in [0.5, 0.6) is 5.75 Å². The molecule has 2 nitrogen and oxygen atoms in total. The van der Waals surface area contributed by atoms with Gasteiger partial charge in [0.1, 0.15) is 11.5 Å². The van der Waals surface area contributed by atoms with E-state index in [1.807, 2.05) is 12.1 Å². The number of phenols is 1. The molecule has 2 aliphatic carbocycles. The van der Waals surface area contributed by atoms with Crippen LogP contribution in [-0.2, 0) is 11.2 Å². The summed E-state index contributed by atoms with van der Waals surface area (Å²) in [5.74, 6) is 1.14. The maximum absolute atomic E-state index is 12.2. The molecule has 0 aromatic heterocycles. The fourth-order valence-corrected chi connectivity index (χ4v) is 4.27.